The molecule has 0 saturated carbocycles. The van der Waals surface area contributed by atoms with Gasteiger partial charge in [-0.2, -0.15) is 5.26 Å². The Labute approximate surface area is 106 Å². The number of carbonyl (C=O) groups excluding carboxylic acids is 1. The monoisotopic (exact) mass is 249 g/mol. The number of nitrogens with one attached hydrogen (secondary N) is 1. The van der Waals surface area contributed by atoms with E-state index in [1.807, 2.05) is 19.9 Å². The zero-order valence-electron chi connectivity index (χ0n) is 10.5. The molecule has 5 heteroatoms. The lowest BCUT2D eigenvalue weighted by atomic mass is 9.99. The maximum atomic E-state index is 13.5. The number of nitrogens with two attached hydrogens (primary N) is 1. The Morgan fingerprint density at radius 1 is 1.56 bits per heavy atom. The van der Waals surface area contributed by atoms with Gasteiger partial charge in [0.15, 0.2) is 0 Å². The lowest BCUT2D eigenvalue weighted by Crippen LogP contribution is -2.42. The largest absolute Gasteiger partial charge is 0.370 e. The van der Waals surface area contributed by atoms with Crippen molar-refractivity contribution in [2.75, 3.05) is 0 Å². The van der Waals surface area contributed by atoms with Gasteiger partial charge in [-0.05, 0) is 32.0 Å². The van der Waals surface area contributed by atoms with E-state index in [4.69, 9.17) is 11.0 Å². The second kappa shape index (κ2) is 5.61. The van der Waals surface area contributed by atoms with Crippen LogP contribution < -0.4 is 11.1 Å². The Balaban J connectivity index is 2.74. The fraction of sp³-hybridized carbons (Fsp3) is 0.385. The van der Waals surface area contributed by atoms with Gasteiger partial charge in [-0.15, -0.1) is 0 Å². The van der Waals surface area contributed by atoms with E-state index in [1.165, 1.54) is 18.2 Å². The third-order valence-corrected chi connectivity index (χ3v) is 2.55. The maximum Gasteiger partial charge on any atom is 0.219 e. The van der Waals surface area contributed by atoms with Gasteiger partial charge in [0, 0.05) is 24.1 Å². The summed E-state index contributed by atoms with van der Waals surface area (Å²) < 4.78 is 13.5. The van der Waals surface area contributed by atoms with E-state index in [-0.39, 0.29) is 18.8 Å². The number of nitrogens with zero attached hydrogens (tertiary/aromatic N) is 1. The molecule has 4 nitrogen and oxygen atoms in total. The summed E-state index contributed by atoms with van der Waals surface area (Å²) in [5, 5.41) is 11.8. The number of carbonyl (C=O) groups is 1. The molecule has 1 aromatic rings. The minimum absolute atomic E-state index is 0.159. The van der Waals surface area contributed by atoms with Crippen LogP contribution in [-0.2, 0) is 11.3 Å². The molecule has 96 valence electrons. The Bertz CT molecular complexity index is 491. The molecule has 3 N–H and O–H groups in total. The predicted octanol–water partition coefficient (Wildman–Crippen LogP) is 1.44. The van der Waals surface area contributed by atoms with Crippen molar-refractivity contribution in [2.24, 2.45) is 5.73 Å². The topological polar surface area (TPSA) is 78.9 Å². The molecular formula is C13H16FN3O. The summed E-state index contributed by atoms with van der Waals surface area (Å²) in [5.41, 5.74) is 5.41. The quantitative estimate of drug-likeness (QED) is 0.828. The highest BCUT2D eigenvalue weighted by Crippen LogP contribution is 2.13. The molecule has 1 rings (SSSR count). The molecule has 0 radical (unpaired) electrons. The minimum Gasteiger partial charge on any atom is -0.370 e. The van der Waals surface area contributed by atoms with E-state index in [0.29, 0.717) is 11.1 Å². The number of hydrogen-bond donors (Lipinski definition) is 2. The Morgan fingerprint density at radius 2 is 2.22 bits per heavy atom. The Morgan fingerprint density at radius 3 is 2.78 bits per heavy atom. The maximum absolute atomic E-state index is 13.5. The van der Waals surface area contributed by atoms with Crippen LogP contribution in [-0.4, -0.2) is 11.4 Å². The van der Waals surface area contributed by atoms with Gasteiger partial charge in [0.05, 0.1) is 11.6 Å². The van der Waals surface area contributed by atoms with Gasteiger partial charge in [-0.25, -0.2) is 4.39 Å². The first-order valence-electron chi connectivity index (χ1n) is 5.56. The van der Waals surface area contributed by atoms with Crippen LogP contribution >= 0.6 is 0 Å². The zero-order valence-corrected chi connectivity index (χ0v) is 10.5. The highest BCUT2D eigenvalue weighted by molar-refractivity contribution is 5.75. The summed E-state index contributed by atoms with van der Waals surface area (Å²) in [4.78, 5) is 10.9. The highest BCUT2D eigenvalue weighted by atomic mass is 19.1. The summed E-state index contributed by atoms with van der Waals surface area (Å²) in [5.74, 6) is -0.796. The fourth-order valence-corrected chi connectivity index (χ4v) is 1.61. The average molecular weight is 249 g/mol. The van der Waals surface area contributed by atoms with Crippen molar-refractivity contribution in [3.05, 3.63) is 35.1 Å². The summed E-state index contributed by atoms with van der Waals surface area (Å²) in [6.45, 7) is 3.86. The molecule has 0 aromatic heterocycles. The predicted molar refractivity (Wildman–Crippen MR) is 65.8 cm³/mol. The molecule has 0 saturated heterocycles. The molecule has 0 atom stereocenters. The summed E-state index contributed by atoms with van der Waals surface area (Å²) in [6, 6.07) is 6.13. The smallest absolute Gasteiger partial charge is 0.219 e. The van der Waals surface area contributed by atoms with Crippen LogP contribution in [0.3, 0.4) is 0 Å². The summed E-state index contributed by atoms with van der Waals surface area (Å²) in [7, 11) is 0. The lowest BCUT2D eigenvalue weighted by Gasteiger charge is -2.25. The van der Waals surface area contributed by atoms with Gasteiger partial charge < -0.3 is 11.1 Å². The second-order valence-corrected chi connectivity index (χ2v) is 4.80. The number of benzene rings is 1. The number of amides is 1. The van der Waals surface area contributed by atoms with Crippen molar-refractivity contribution < 1.29 is 9.18 Å². The van der Waals surface area contributed by atoms with E-state index in [0.717, 1.165) is 0 Å². The average Bonchev–Trinajstić information content (AvgIpc) is 2.26. The standard InChI is InChI=1S/C13H16FN3O/c1-13(2,6-12(16)18)17-8-10-5-9(7-15)3-4-11(10)14/h3-5,17H,6,8H2,1-2H3,(H2,16,18). The van der Waals surface area contributed by atoms with Crippen LogP contribution in [0.4, 0.5) is 4.39 Å². The molecule has 18 heavy (non-hydrogen) atoms. The van der Waals surface area contributed by atoms with Gasteiger partial charge in [0.2, 0.25) is 5.91 Å². The number of halogens is 1. The van der Waals surface area contributed by atoms with Crippen molar-refractivity contribution in [1.82, 2.24) is 5.32 Å². The first-order chi connectivity index (χ1) is 8.34. The minimum atomic E-state index is -0.513. The van der Waals surface area contributed by atoms with Gasteiger partial charge in [-0.3, -0.25) is 4.79 Å². The van der Waals surface area contributed by atoms with Crippen LogP contribution in [0.1, 0.15) is 31.4 Å². The molecule has 0 spiro atoms. The molecule has 0 aliphatic rings. The highest BCUT2D eigenvalue weighted by Gasteiger charge is 2.20. The summed E-state index contributed by atoms with van der Waals surface area (Å²) in [6.07, 6.45) is 0.159. The van der Waals surface area contributed by atoms with Crippen molar-refractivity contribution in [2.45, 2.75) is 32.4 Å². The van der Waals surface area contributed by atoms with Gasteiger partial charge in [0.1, 0.15) is 5.82 Å². The molecule has 0 fully saturated rings. The molecule has 0 heterocycles. The van der Waals surface area contributed by atoms with Gasteiger partial charge in [-0.1, -0.05) is 0 Å². The molecule has 0 unspecified atom stereocenters. The normalized spacial score (nSPS) is 11.0. The second-order valence-electron chi connectivity index (χ2n) is 4.80. The van der Waals surface area contributed by atoms with Crippen LogP contribution in [0, 0.1) is 17.1 Å². The SMILES string of the molecule is CC(C)(CC(N)=O)NCc1cc(C#N)ccc1F. The molecule has 1 amide bonds. The van der Waals surface area contributed by atoms with E-state index in [9.17, 15) is 9.18 Å². The molecule has 0 aliphatic carbocycles. The number of nitriles is 1. The molecular weight excluding hydrogens is 233 g/mol. The van der Waals surface area contributed by atoms with Crippen LogP contribution in [0.5, 0.6) is 0 Å². The third kappa shape index (κ3) is 4.15. The van der Waals surface area contributed by atoms with Crippen LogP contribution in [0.15, 0.2) is 18.2 Å². The van der Waals surface area contributed by atoms with Crippen molar-refractivity contribution in [3.63, 3.8) is 0 Å². The number of primary amides is 1. The summed E-state index contributed by atoms with van der Waals surface area (Å²) >= 11 is 0. The zero-order chi connectivity index (χ0) is 13.8. The molecule has 0 bridgehead atoms. The van der Waals surface area contributed by atoms with Crippen LogP contribution in [0.2, 0.25) is 0 Å². The first kappa shape index (κ1) is 14.1. The lowest BCUT2D eigenvalue weighted by molar-refractivity contribution is -0.119. The van der Waals surface area contributed by atoms with E-state index in [2.05, 4.69) is 5.32 Å². The van der Waals surface area contributed by atoms with Crippen molar-refractivity contribution >= 4 is 5.91 Å². The van der Waals surface area contributed by atoms with E-state index in [1.54, 1.807) is 0 Å². The van der Waals surface area contributed by atoms with Crippen molar-refractivity contribution in [3.8, 4) is 6.07 Å². The fourth-order valence-electron chi connectivity index (χ4n) is 1.61. The number of rotatable bonds is 5. The van der Waals surface area contributed by atoms with Crippen LogP contribution in [0.25, 0.3) is 0 Å². The number of hydrogen-bond acceptors (Lipinski definition) is 3. The van der Waals surface area contributed by atoms with Gasteiger partial charge in [0.25, 0.3) is 0 Å². The van der Waals surface area contributed by atoms with E-state index >= 15 is 0 Å². The van der Waals surface area contributed by atoms with Gasteiger partial charge >= 0.3 is 0 Å². The Hall–Kier alpha value is -1.93. The Kier molecular flexibility index (Phi) is 4.40. The van der Waals surface area contributed by atoms with E-state index < -0.39 is 11.4 Å². The third-order valence-electron chi connectivity index (χ3n) is 2.55. The molecule has 1 aromatic carbocycles. The molecule has 0 aliphatic heterocycles. The first-order valence-corrected chi connectivity index (χ1v) is 5.56. The van der Waals surface area contributed by atoms with Crippen molar-refractivity contribution in [1.29, 1.82) is 5.26 Å².